The minimum atomic E-state index is -0.261. The summed E-state index contributed by atoms with van der Waals surface area (Å²) in [5, 5.41) is 12.1. The number of hydrogen-bond donors (Lipinski definition) is 3. The summed E-state index contributed by atoms with van der Waals surface area (Å²) in [7, 11) is 0. The van der Waals surface area contributed by atoms with Gasteiger partial charge >= 0.3 is 0 Å². The summed E-state index contributed by atoms with van der Waals surface area (Å²) in [6.07, 6.45) is 7.37. The number of rotatable bonds is 5. The molecule has 3 aromatic rings. The molecule has 0 saturated heterocycles. The van der Waals surface area contributed by atoms with E-state index in [-0.39, 0.29) is 18.1 Å². The number of nitrogens with two attached hydrogens (primary N) is 1. The third kappa shape index (κ3) is 4.17. The molecule has 0 aliphatic heterocycles. The van der Waals surface area contributed by atoms with Gasteiger partial charge in [0.05, 0.1) is 18.0 Å². The van der Waals surface area contributed by atoms with Crippen LogP contribution in [-0.2, 0) is 0 Å². The van der Waals surface area contributed by atoms with E-state index in [0.717, 1.165) is 36.3 Å². The number of benzene rings is 1. The number of para-hydroxylation sites is 2. The molecule has 0 spiro atoms. The summed E-state index contributed by atoms with van der Waals surface area (Å²) in [5.41, 5.74) is 7.84. The first kappa shape index (κ1) is 17.7. The monoisotopic (exact) mass is 383 g/mol. The maximum absolute atomic E-state index is 12.6. The SMILES string of the molecule is NC1CCC(Oc2ccccc2NC(=O)c2csc(-c3cn[nH]c3)n2)CC1. The number of hydrogen-bond acceptors (Lipinski definition) is 6. The second kappa shape index (κ2) is 7.89. The molecule has 2 heterocycles. The van der Waals surface area contributed by atoms with Gasteiger partial charge < -0.3 is 15.8 Å². The lowest BCUT2D eigenvalue weighted by atomic mass is 9.94. The van der Waals surface area contributed by atoms with Gasteiger partial charge in [-0.2, -0.15) is 5.10 Å². The Morgan fingerprint density at radius 1 is 1.26 bits per heavy atom. The molecule has 7 nitrogen and oxygen atoms in total. The number of carbonyl (C=O) groups excluding carboxylic acids is 1. The van der Waals surface area contributed by atoms with Gasteiger partial charge in [-0.3, -0.25) is 9.89 Å². The quantitative estimate of drug-likeness (QED) is 0.626. The normalized spacial score (nSPS) is 19.6. The Morgan fingerprint density at radius 3 is 2.85 bits per heavy atom. The molecule has 8 heteroatoms. The van der Waals surface area contributed by atoms with Crippen LogP contribution < -0.4 is 15.8 Å². The molecule has 0 bridgehead atoms. The van der Waals surface area contributed by atoms with E-state index in [2.05, 4.69) is 20.5 Å². The molecule has 1 aromatic carbocycles. The second-order valence-electron chi connectivity index (χ2n) is 6.63. The van der Waals surface area contributed by atoms with Crippen LogP contribution in [0.15, 0.2) is 42.0 Å². The van der Waals surface area contributed by atoms with Gasteiger partial charge in [-0.15, -0.1) is 11.3 Å². The summed E-state index contributed by atoms with van der Waals surface area (Å²) in [5.74, 6) is 0.416. The van der Waals surface area contributed by atoms with Gasteiger partial charge in [-0.1, -0.05) is 12.1 Å². The Kier molecular flexibility index (Phi) is 5.17. The van der Waals surface area contributed by atoms with Crippen LogP contribution in [0.4, 0.5) is 5.69 Å². The number of amides is 1. The Hall–Kier alpha value is -2.71. The number of aromatic nitrogens is 3. The minimum absolute atomic E-state index is 0.134. The highest BCUT2D eigenvalue weighted by molar-refractivity contribution is 7.13. The van der Waals surface area contributed by atoms with Crippen LogP contribution in [0.1, 0.15) is 36.2 Å². The van der Waals surface area contributed by atoms with Crippen molar-refractivity contribution in [1.82, 2.24) is 15.2 Å². The molecule has 4 rings (SSSR count). The molecule has 1 aliphatic rings. The van der Waals surface area contributed by atoms with Gasteiger partial charge in [0.1, 0.15) is 16.5 Å². The van der Waals surface area contributed by atoms with Gasteiger partial charge in [0, 0.05) is 23.2 Å². The average molecular weight is 383 g/mol. The standard InChI is InChI=1S/C19H21N5O2S/c20-13-5-7-14(8-6-13)26-17-4-2-1-3-15(17)23-18(25)16-11-27-19(24-16)12-9-21-22-10-12/h1-4,9-11,13-14H,5-8,20H2,(H,21,22)(H,23,25). The highest BCUT2D eigenvalue weighted by Crippen LogP contribution is 2.30. The fourth-order valence-electron chi connectivity index (χ4n) is 3.12. The highest BCUT2D eigenvalue weighted by atomic mass is 32.1. The number of H-pyrrole nitrogens is 1. The molecular weight excluding hydrogens is 362 g/mol. The summed E-state index contributed by atoms with van der Waals surface area (Å²) in [6, 6.07) is 7.76. The zero-order valence-corrected chi connectivity index (χ0v) is 15.5. The summed E-state index contributed by atoms with van der Waals surface area (Å²) < 4.78 is 6.14. The Labute approximate surface area is 161 Å². The van der Waals surface area contributed by atoms with E-state index >= 15 is 0 Å². The van der Waals surface area contributed by atoms with E-state index in [1.807, 2.05) is 24.3 Å². The molecular formula is C19H21N5O2S. The van der Waals surface area contributed by atoms with Crippen LogP contribution in [0.3, 0.4) is 0 Å². The van der Waals surface area contributed by atoms with Gasteiger partial charge in [0.2, 0.25) is 0 Å². The first-order valence-electron chi connectivity index (χ1n) is 8.96. The zero-order valence-electron chi connectivity index (χ0n) is 14.7. The molecule has 27 heavy (non-hydrogen) atoms. The number of ether oxygens (including phenoxy) is 1. The first-order valence-corrected chi connectivity index (χ1v) is 9.84. The van der Waals surface area contributed by atoms with Crippen LogP contribution >= 0.6 is 11.3 Å². The summed E-state index contributed by atoms with van der Waals surface area (Å²) in [6.45, 7) is 0. The molecule has 1 amide bonds. The van der Waals surface area contributed by atoms with Crippen LogP contribution in [0, 0.1) is 0 Å². The van der Waals surface area contributed by atoms with E-state index < -0.39 is 0 Å². The predicted octanol–water partition coefficient (Wildman–Crippen LogP) is 3.43. The average Bonchev–Trinajstić information content (AvgIpc) is 3.36. The van der Waals surface area contributed by atoms with Crippen molar-refractivity contribution in [2.45, 2.75) is 37.8 Å². The van der Waals surface area contributed by atoms with Gasteiger partial charge in [-0.25, -0.2) is 4.98 Å². The van der Waals surface area contributed by atoms with E-state index in [9.17, 15) is 4.79 Å². The van der Waals surface area contributed by atoms with Crippen LogP contribution in [-0.4, -0.2) is 33.2 Å². The lowest BCUT2D eigenvalue weighted by molar-refractivity contribution is 0.102. The fourth-order valence-corrected chi connectivity index (χ4v) is 3.91. The maximum atomic E-state index is 12.6. The van der Waals surface area contributed by atoms with Crippen molar-refractivity contribution in [2.75, 3.05) is 5.32 Å². The molecule has 1 aliphatic carbocycles. The third-order valence-electron chi connectivity index (χ3n) is 4.63. The van der Waals surface area contributed by atoms with Crippen LogP contribution in [0.5, 0.6) is 5.75 Å². The molecule has 1 saturated carbocycles. The second-order valence-corrected chi connectivity index (χ2v) is 7.49. The predicted molar refractivity (Wildman–Crippen MR) is 105 cm³/mol. The molecule has 0 radical (unpaired) electrons. The topological polar surface area (TPSA) is 106 Å². The molecule has 0 atom stereocenters. The lowest BCUT2D eigenvalue weighted by Crippen LogP contribution is -2.31. The minimum Gasteiger partial charge on any atom is -0.488 e. The van der Waals surface area contributed by atoms with E-state index in [1.54, 1.807) is 17.8 Å². The molecule has 0 unspecified atom stereocenters. The van der Waals surface area contributed by atoms with E-state index in [1.165, 1.54) is 11.3 Å². The number of carbonyl (C=O) groups is 1. The zero-order chi connectivity index (χ0) is 18.6. The van der Waals surface area contributed by atoms with Gasteiger partial charge in [-0.05, 0) is 37.8 Å². The molecule has 140 valence electrons. The van der Waals surface area contributed by atoms with E-state index in [4.69, 9.17) is 10.5 Å². The van der Waals surface area contributed by atoms with Gasteiger partial charge in [0.15, 0.2) is 0 Å². The van der Waals surface area contributed by atoms with Crippen LogP contribution in [0.2, 0.25) is 0 Å². The van der Waals surface area contributed by atoms with E-state index in [0.29, 0.717) is 17.1 Å². The van der Waals surface area contributed by atoms with Crippen molar-refractivity contribution < 1.29 is 9.53 Å². The Morgan fingerprint density at radius 2 is 2.07 bits per heavy atom. The van der Waals surface area contributed by atoms with Crippen LogP contribution in [0.25, 0.3) is 10.6 Å². The maximum Gasteiger partial charge on any atom is 0.275 e. The van der Waals surface area contributed by atoms with Crippen molar-refractivity contribution >= 4 is 22.9 Å². The van der Waals surface area contributed by atoms with Crippen molar-refractivity contribution in [3.05, 3.63) is 47.7 Å². The number of aromatic amines is 1. The Bertz CT molecular complexity index is 900. The molecule has 4 N–H and O–H groups in total. The van der Waals surface area contributed by atoms with Gasteiger partial charge in [0.25, 0.3) is 5.91 Å². The van der Waals surface area contributed by atoms with Crippen molar-refractivity contribution in [1.29, 1.82) is 0 Å². The van der Waals surface area contributed by atoms with Crippen molar-refractivity contribution in [3.8, 4) is 16.3 Å². The number of nitrogens with one attached hydrogen (secondary N) is 2. The summed E-state index contributed by atoms with van der Waals surface area (Å²) in [4.78, 5) is 17.0. The fraction of sp³-hybridized carbons (Fsp3) is 0.316. The number of thiazole rings is 1. The van der Waals surface area contributed by atoms with Crippen molar-refractivity contribution in [3.63, 3.8) is 0 Å². The smallest absolute Gasteiger partial charge is 0.275 e. The Balaban J connectivity index is 1.45. The largest absolute Gasteiger partial charge is 0.488 e. The number of anilines is 1. The third-order valence-corrected chi connectivity index (χ3v) is 5.52. The number of nitrogens with zero attached hydrogens (tertiary/aromatic N) is 2. The molecule has 1 fully saturated rings. The molecule has 2 aromatic heterocycles. The highest BCUT2D eigenvalue weighted by Gasteiger charge is 2.21. The lowest BCUT2D eigenvalue weighted by Gasteiger charge is -2.27. The summed E-state index contributed by atoms with van der Waals surface area (Å²) >= 11 is 1.40. The first-order chi connectivity index (χ1) is 13.2. The van der Waals surface area contributed by atoms with Crippen molar-refractivity contribution in [2.24, 2.45) is 5.73 Å².